The van der Waals surface area contributed by atoms with Crippen LogP contribution in [-0.2, 0) is 14.3 Å². The summed E-state index contributed by atoms with van der Waals surface area (Å²) in [6.45, 7) is 4.14. The quantitative estimate of drug-likeness (QED) is 0.782. The molecule has 1 N–H and O–H groups in total. The van der Waals surface area contributed by atoms with E-state index >= 15 is 0 Å². The van der Waals surface area contributed by atoms with Gasteiger partial charge in [-0.25, -0.2) is 0 Å². The van der Waals surface area contributed by atoms with Gasteiger partial charge in [-0.05, 0) is 30.4 Å². The molecular formula is C24H27NO4. The van der Waals surface area contributed by atoms with E-state index in [4.69, 9.17) is 9.47 Å². The van der Waals surface area contributed by atoms with Crippen LogP contribution in [0, 0.1) is 11.8 Å². The van der Waals surface area contributed by atoms with Crippen molar-refractivity contribution in [3.8, 4) is 11.5 Å². The molecule has 4 rings (SSSR count). The summed E-state index contributed by atoms with van der Waals surface area (Å²) in [6, 6.07) is 15.0. The number of fused-ring (bicyclic) bond motifs is 2. The molecule has 29 heavy (non-hydrogen) atoms. The van der Waals surface area contributed by atoms with Crippen LogP contribution in [0.4, 0.5) is 0 Å². The Morgan fingerprint density at radius 3 is 2.28 bits per heavy atom. The normalized spacial score (nSPS) is 23.3. The van der Waals surface area contributed by atoms with Crippen LogP contribution in [0.25, 0.3) is 0 Å². The molecule has 1 aliphatic carbocycles. The lowest BCUT2D eigenvalue weighted by Crippen LogP contribution is -2.45. The van der Waals surface area contributed by atoms with Crippen LogP contribution in [0.5, 0.6) is 11.5 Å². The Kier molecular flexibility index (Phi) is 5.56. The van der Waals surface area contributed by atoms with Crippen LogP contribution in [0.2, 0.25) is 0 Å². The van der Waals surface area contributed by atoms with Gasteiger partial charge in [0.1, 0.15) is 17.4 Å². The fraction of sp³-hybridized carbons (Fsp3) is 0.417. The van der Waals surface area contributed by atoms with Crippen molar-refractivity contribution in [2.24, 2.45) is 11.8 Å². The van der Waals surface area contributed by atoms with Crippen LogP contribution in [0.15, 0.2) is 48.5 Å². The standard InChI is InChI=1S/C24H27NO4/c1-15-8-7-11-19(16(15)2)25-22(26)14-28-24(27)23-17-9-3-5-12-20(17)29-21-13-6-4-10-18(21)23/h3-6,9-10,12-13,15-16,19,23H,7-8,11,14H2,1-2H3,(H,25,26)/t15-,16-,19-/m1/s1. The number of carbonyl (C=O) groups is 2. The van der Waals surface area contributed by atoms with Gasteiger partial charge in [0.05, 0.1) is 0 Å². The minimum atomic E-state index is -0.599. The van der Waals surface area contributed by atoms with Gasteiger partial charge in [-0.3, -0.25) is 9.59 Å². The third-order valence-electron chi connectivity index (χ3n) is 6.31. The minimum Gasteiger partial charge on any atom is -0.457 e. The minimum absolute atomic E-state index is 0.148. The lowest BCUT2D eigenvalue weighted by molar-refractivity contribution is -0.149. The average molecular weight is 393 g/mol. The van der Waals surface area contributed by atoms with Gasteiger partial charge in [-0.2, -0.15) is 0 Å². The van der Waals surface area contributed by atoms with Gasteiger partial charge in [-0.1, -0.05) is 63.1 Å². The fourth-order valence-electron chi connectivity index (χ4n) is 4.42. The molecule has 0 aromatic heterocycles. The van der Waals surface area contributed by atoms with E-state index in [1.807, 2.05) is 48.5 Å². The number of amides is 1. The van der Waals surface area contributed by atoms with Crippen LogP contribution in [0.3, 0.4) is 0 Å². The van der Waals surface area contributed by atoms with E-state index < -0.39 is 11.9 Å². The van der Waals surface area contributed by atoms with Gasteiger partial charge in [-0.15, -0.1) is 0 Å². The summed E-state index contributed by atoms with van der Waals surface area (Å²) in [5.74, 6) is 1.03. The highest BCUT2D eigenvalue weighted by atomic mass is 16.5. The molecule has 1 fully saturated rings. The molecule has 0 saturated heterocycles. The third kappa shape index (κ3) is 4.00. The Balaban J connectivity index is 1.44. The molecule has 1 heterocycles. The molecule has 5 heteroatoms. The Morgan fingerprint density at radius 1 is 1.00 bits per heavy atom. The zero-order valence-electron chi connectivity index (χ0n) is 16.9. The Labute approximate surface area is 171 Å². The van der Waals surface area contributed by atoms with Gasteiger partial charge >= 0.3 is 5.97 Å². The Bertz CT molecular complexity index is 864. The monoisotopic (exact) mass is 393 g/mol. The van der Waals surface area contributed by atoms with Crippen molar-refractivity contribution in [2.45, 2.75) is 45.1 Å². The molecule has 0 bridgehead atoms. The van der Waals surface area contributed by atoms with Crippen molar-refractivity contribution in [2.75, 3.05) is 6.61 Å². The lowest BCUT2D eigenvalue weighted by atomic mass is 9.78. The first-order valence-corrected chi connectivity index (χ1v) is 10.4. The van der Waals surface area contributed by atoms with E-state index in [-0.39, 0.29) is 18.6 Å². The lowest BCUT2D eigenvalue weighted by Gasteiger charge is -2.34. The van der Waals surface area contributed by atoms with Crippen LogP contribution < -0.4 is 10.1 Å². The van der Waals surface area contributed by atoms with Crippen molar-refractivity contribution in [1.29, 1.82) is 0 Å². The van der Waals surface area contributed by atoms with Gasteiger partial charge in [0, 0.05) is 17.2 Å². The number of hydrogen-bond donors (Lipinski definition) is 1. The molecular weight excluding hydrogens is 366 g/mol. The molecule has 1 saturated carbocycles. The summed E-state index contributed by atoms with van der Waals surface area (Å²) < 4.78 is 11.4. The summed E-state index contributed by atoms with van der Waals surface area (Å²) in [5.41, 5.74) is 1.51. The van der Waals surface area contributed by atoms with E-state index in [1.165, 1.54) is 6.42 Å². The number of rotatable bonds is 4. The molecule has 1 amide bonds. The molecule has 2 aromatic carbocycles. The molecule has 152 valence electrons. The number of carbonyl (C=O) groups excluding carboxylic acids is 2. The first kappa shape index (κ1) is 19.5. The molecule has 0 unspecified atom stereocenters. The second-order valence-corrected chi connectivity index (χ2v) is 8.16. The van der Waals surface area contributed by atoms with Gasteiger partial charge in [0.15, 0.2) is 6.61 Å². The van der Waals surface area contributed by atoms with Crippen LogP contribution in [0.1, 0.15) is 50.2 Å². The second kappa shape index (κ2) is 8.27. The molecule has 2 aromatic rings. The van der Waals surface area contributed by atoms with Crippen LogP contribution in [-0.4, -0.2) is 24.5 Å². The highest BCUT2D eigenvalue weighted by Crippen LogP contribution is 2.44. The maximum atomic E-state index is 13.0. The van der Waals surface area contributed by atoms with Crippen molar-refractivity contribution < 1.29 is 19.1 Å². The number of benzene rings is 2. The van der Waals surface area contributed by atoms with E-state index in [0.717, 1.165) is 24.0 Å². The zero-order valence-corrected chi connectivity index (χ0v) is 16.9. The zero-order chi connectivity index (χ0) is 20.4. The summed E-state index contributed by atoms with van der Waals surface area (Å²) >= 11 is 0. The summed E-state index contributed by atoms with van der Waals surface area (Å²) in [5, 5.41) is 3.05. The highest BCUT2D eigenvalue weighted by Gasteiger charge is 2.34. The maximum Gasteiger partial charge on any atom is 0.318 e. The SMILES string of the molecule is C[C@@H]1[C@H](C)CCC[C@H]1NC(=O)COC(=O)C1c2ccccc2Oc2ccccc21. The smallest absolute Gasteiger partial charge is 0.318 e. The van der Waals surface area contributed by atoms with E-state index in [9.17, 15) is 9.59 Å². The van der Waals surface area contributed by atoms with Crippen LogP contribution >= 0.6 is 0 Å². The predicted octanol–water partition coefficient (Wildman–Crippen LogP) is 4.41. The van der Waals surface area contributed by atoms with Crippen molar-refractivity contribution in [1.82, 2.24) is 5.32 Å². The third-order valence-corrected chi connectivity index (χ3v) is 6.31. The fourth-order valence-corrected chi connectivity index (χ4v) is 4.42. The topological polar surface area (TPSA) is 64.6 Å². The average Bonchev–Trinajstić information content (AvgIpc) is 2.73. The first-order chi connectivity index (χ1) is 14.0. The number of esters is 1. The number of hydrogen-bond acceptors (Lipinski definition) is 4. The summed E-state index contributed by atoms with van der Waals surface area (Å²) in [6.07, 6.45) is 3.29. The first-order valence-electron chi connectivity index (χ1n) is 10.4. The van der Waals surface area contributed by atoms with E-state index in [2.05, 4.69) is 19.2 Å². The van der Waals surface area contributed by atoms with Gasteiger partial charge in [0.2, 0.25) is 0 Å². The summed E-state index contributed by atoms with van der Waals surface area (Å²) in [4.78, 5) is 25.4. The van der Waals surface area contributed by atoms with Crippen molar-refractivity contribution >= 4 is 11.9 Å². The van der Waals surface area contributed by atoms with Gasteiger partial charge in [0.25, 0.3) is 5.91 Å². The Morgan fingerprint density at radius 2 is 1.62 bits per heavy atom. The van der Waals surface area contributed by atoms with Crippen molar-refractivity contribution in [3.05, 3.63) is 59.7 Å². The molecule has 3 atom stereocenters. The van der Waals surface area contributed by atoms with E-state index in [1.54, 1.807) is 0 Å². The number of nitrogens with one attached hydrogen (secondary N) is 1. The van der Waals surface area contributed by atoms with Gasteiger partial charge < -0.3 is 14.8 Å². The van der Waals surface area contributed by atoms with E-state index in [0.29, 0.717) is 23.3 Å². The highest BCUT2D eigenvalue weighted by molar-refractivity contribution is 5.87. The molecule has 1 aliphatic heterocycles. The summed E-state index contributed by atoms with van der Waals surface area (Å²) in [7, 11) is 0. The molecule has 2 aliphatic rings. The number of ether oxygens (including phenoxy) is 2. The molecule has 0 spiro atoms. The molecule has 5 nitrogen and oxygen atoms in total. The molecule has 0 radical (unpaired) electrons. The second-order valence-electron chi connectivity index (χ2n) is 8.16. The predicted molar refractivity (Wildman–Crippen MR) is 110 cm³/mol. The van der Waals surface area contributed by atoms with Crippen molar-refractivity contribution in [3.63, 3.8) is 0 Å². The Hall–Kier alpha value is -2.82. The maximum absolute atomic E-state index is 13.0. The number of para-hydroxylation sites is 2. The largest absolute Gasteiger partial charge is 0.457 e.